The molecule has 0 spiro atoms. The fraction of sp³-hybridized carbons (Fsp3) is 0.273. The first-order valence-electron chi connectivity index (χ1n) is 9.06. The lowest BCUT2D eigenvalue weighted by molar-refractivity contribution is 0.0588. The summed E-state index contributed by atoms with van der Waals surface area (Å²) in [4.78, 5) is 24.5. The first-order chi connectivity index (χ1) is 14.8. The van der Waals surface area contributed by atoms with Crippen LogP contribution in [-0.4, -0.2) is 52.1 Å². The summed E-state index contributed by atoms with van der Waals surface area (Å²) in [6.07, 6.45) is 2.03. The average Bonchev–Trinajstić information content (AvgIpc) is 2.77. The zero-order valence-electron chi connectivity index (χ0n) is 17.5. The van der Waals surface area contributed by atoms with Crippen LogP contribution in [0.1, 0.15) is 38.3 Å². The second-order valence-electron chi connectivity index (χ2n) is 6.19. The van der Waals surface area contributed by atoms with Crippen molar-refractivity contribution in [3.63, 3.8) is 0 Å². The Morgan fingerprint density at radius 2 is 1.26 bits per heavy atom. The average molecular weight is 469 g/mol. The topological polar surface area (TPSA) is 91.3 Å². The van der Waals surface area contributed by atoms with Crippen LogP contribution in [0.4, 0.5) is 0 Å². The van der Waals surface area contributed by atoms with Gasteiger partial charge in [0.05, 0.1) is 38.5 Å². The summed E-state index contributed by atoms with van der Waals surface area (Å²) in [7, 11) is 5.27. The highest BCUT2D eigenvalue weighted by Gasteiger charge is 2.22. The smallest absolute Gasteiger partial charge is 0.341 e. The maximum atomic E-state index is 12.3. The van der Waals surface area contributed by atoms with Crippen LogP contribution in [0, 0.1) is 0 Å². The summed E-state index contributed by atoms with van der Waals surface area (Å²) < 4.78 is 20.2. The number of rotatable bonds is 8. The van der Waals surface area contributed by atoms with Crippen molar-refractivity contribution >= 4 is 40.7 Å². The molecule has 2 rings (SSSR count). The highest BCUT2D eigenvalue weighted by Crippen LogP contribution is 2.38. The number of hydrogen-bond donors (Lipinski definition) is 1. The van der Waals surface area contributed by atoms with Gasteiger partial charge < -0.3 is 24.1 Å². The summed E-state index contributed by atoms with van der Waals surface area (Å²) >= 11 is 12.7. The minimum atomic E-state index is -0.634. The van der Waals surface area contributed by atoms with Gasteiger partial charge in [-0.1, -0.05) is 29.3 Å². The van der Waals surface area contributed by atoms with Crippen molar-refractivity contribution in [2.75, 3.05) is 35.0 Å². The molecule has 2 aromatic carbocycles. The summed E-state index contributed by atoms with van der Waals surface area (Å²) in [5.74, 6) is -0.932. The molecule has 0 aliphatic carbocycles. The van der Waals surface area contributed by atoms with E-state index in [0.29, 0.717) is 23.1 Å². The van der Waals surface area contributed by atoms with E-state index in [2.05, 4.69) is 0 Å². The zero-order chi connectivity index (χ0) is 23.1. The molecule has 0 aliphatic rings. The van der Waals surface area contributed by atoms with E-state index in [-0.39, 0.29) is 39.3 Å². The molecule has 166 valence electrons. The van der Waals surface area contributed by atoms with Crippen LogP contribution in [0.2, 0.25) is 10.0 Å². The number of hydrogen-bond acceptors (Lipinski definition) is 7. The van der Waals surface area contributed by atoms with E-state index in [0.717, 1.165) is 0 Å². The Morgan fingerprint density at radius 3 is 1.58 bits per heavy atom. The van der Waals surface area contributed by atoms with Crippen LogP contribution in [0.15, 0.2) is 30.3 Å². The van der Waals surface area contributed by atoms with Crippen LogP contribution in [-0.2, 0) is 9.47 Å². The number of halogens is 2. The van der Waals surface area contributed by atoms with E-state index in [9.17, 15) is 14.7 Å². The van der Waals surface area contributed by atoms with Crippen molar-refractivity contribution in [2.24, 2.45) is 0 Å². The molecule has 0 aliphatic heterocycles. The van der Waals surface area contributed by atoms with Crippen molar-refractivity contribution in [2.45, 2.75) is 6.42 Å². The van der Waals surface area contributed by atoms with Gasteiger partial charge in [-0.25, -0.2) is 9.59 Å². The molecule has 0 atom stereocenters. The van der Waals surface area contributed by atoms with E-state index in [1.165, 1.54) is 28.4 Å². The number of aliphatic hydroxyl groups excluding tert-OH is 1. The number of benzene rings is 2. The molecule has 0 saturated carbocycles. The van der Waals surface area contributed by atoms with Gasteiger partial charge in [-0.2, -0.15) is 0 Å². The first-order valence-corrected chi connectivity index (χ1v) is 9.81. The third-order valence-electron chi connectivity index (χ3n) is 4.41. The normalized spacial score (nSPS) is 10.3. The maximum absolute atomic E-state index is 12.3. The SMILES string of the molecule is COC(=O)c1cc(C(=CCCO)c2cc(Cl)c(OC)c(C(=O)OC)c2)cc(Cl)c1OC. The molecule has 0 heterocycles. The maximum Gasteiger partial charge on any atom is 0.341 e. The van der Waals surface area contributed by atoms with Crippen molar-refractivity contribution in [3.8, 4) is 11.5 Å². The lowest BCUT2D eigenvalue weighted by atomic mass is 9.93. The van der Waals surface area contributed by atoms with E-state index in [1.807, 2.05) is 0 Å². The Balaban J connectivity index is 2.79. The molecule has 31 heavy (non-hydrogen) atoms. The molecular formula is C22H22Cl2O7. The molecule has 0 amide bonds. The largest absolute Gasteiger partial charge is 0.494 e. The van der Waals surface area contributed by atoms with Crippen LogP contribution < -0.4 is 9.47 Å². The predicted molar refractivity (Wildman–Crippen MR) is 117 cm³/mol. The molecule has 0 bridgehead atoms. The lowest BCUT2D eigenvalue weighted by Crippen LogP contribution is -2.07. The molecule has 0 fully saturated rings. The summed E-state index contributed by atoms with van der Waals surface area (Å²) in [6.45, 7) is -0.120. The molecule has 2 aromatic rings. The first kappa shape index (κ1) is 24.5. The minimum absolute atomic E-state index is 0.120. The molecule has 7 nitrogen and oxygen atoms in total. The number of aliphatic hydroxyl groups is 1. The van der Waals surface area contributed by atoms with Crippen LogP contribution in [0.3, 0.4) is 0 Å². The molecule has 0 saturated heterocycles. The van der Waals surface area contributed by atoms with Gasteiger partial charge in [0.1, 0.15) is 11.1 Å². The van der Waals surface area contributed by atoms with Gasteiger partial charge in [0.15, 0.2) is 11.5 Å². The fourth-order valence-electron chi connectivity index (χ4n) is 3.05. The van der Waals surface area contributed by atoms with Gasteiger partial charge in [-0.05, 0) is 47.4 Å². The quantitative estimate of drug-likeness (QED) is 0.573. The van der Waals surface area contributed by atoms with E-state index < -0.39 is 11.9 Å². The Kier molecular flexibility index (Phi) is 8.74. The Morgan fingerprint density at radius 1 is 0.839 bits per heavy atom. The van der Waals surface area contributed by atoms with Crippen LogP contribution in [0.5, 0.6) is 11.5 Å². The molecule has 1 N–H and O–H groups in total. The molecular weight excluding hydrogens is 447 g/mol. The lowest BCUT2D eigenvalue weighted by Gasteiger charge is -2.16. The van der Waals surface area contributed by atoms with Crippen molar-refractivity contribution in [3.05, 3.63) is 62.6 Å². The van der Waals surface area contributed by atoms with Crippen LogP contribution in [0.25, 0.3) is 5.57 Å². The highest BCUT2D eigenvalue weighted by molar-refractivity contribution is 6.33. The number of ether oxygens (including phenoxy) is 4. The summed E-state index contributed by atoms with van der Waals surface area (Å²) in [6, 6.07) is 6.31. The number of esters is 2. The minimum Gasteiger partial charge on any atom is -0.494 e. The van der Waals surface area contributed by atoms with Gasteiger partial charge in [0.2, 0.25) is 0 Å². The van der Waals surface area contributed by atoms with Crippen molar-refractivity contribution in [1.82, 2.24) is 0 Å². The van der Waals surface area contributed by atoms with Crippen LogP contribution >= 0.6 is 23.2 Å². The fourth-order valence-corrected chi connectivity index (χ4v) is 3.64. The van der Waals surface area contributed by atoms with Gasteiger partial charge in [-0.3, -0.25) is 0 Å². The summed E-state index contributed by atoms with van der Waals surface area (Å²) in [5, 5.41) is 9.73. The van der Waals surface area contributed by atoms with Crippen molar-refractivity contribution in [1.29, 1.82) is 0 Å². The third kappa shape index (κ3) is 5.31. The molecule has 9 heteroatoms. The monoisotopic (exact) mass is 468 g/mol. The molecule has 0 aromatic heterocycles. The molecule has 0 radical (unpaired) electrons. The van der Waals surface area contributed by atoms with Gasteiger partial charge in [0.25, 0.3) is 0 Å². The van der Waals surface area contributed by atoms with Gasteiger partial charge in [-0.15, -0.1) is 0 Å². The zero-order valence-corrected chi connectivity index (χ0v) is 19.0. The standard InChI is InChI=1S/C22H22Cl2O7/c1-28-19-15(21(26)30-3)8-12(10-17(19)23)14(6-5-7-25)13-9-16(22(27)31-4)20(29-2)18(24)11-13/h6,8-11,25H,5,7H2,1-4H3. The van der Waals surface area contributed by atoms with E-state index in [4.69, 9.17) is 42.1 Å². The summed E-state index contributed by atoms with van der Waals surface area (Å²) in [5.41, 5.74) is 1.86. The number of carbonyl (C=O) groups is 2. The molecule has 0 unspecified atom stereocenters. The van der Waals surface area contributed by atoms with E-state index in [1.54, 1.807) is 30.3 Å². The Hall–Kier alpha value is -2.74. The second-order valence-corrected chi connectivity index (χ2v) is 7.01. The second kappa shape index (κ2) is 11.0. The Bertz CT molecular complexity index is 940. The highest BCUT2D eigenvalue weighted by atomic mass is 35.5. The van der Waals surface area contributed by atoms with E-state index >= 15 is 0 Å². The predicted octanol–water partition coefficient (Wildman–Crippen LogP) is 4.40. The number of carbonyl (C=O) groups excluding carboxylic acids is 2. The van der Waals surface area contributed by atoms with Crippen molar-refractivity contribution < 1.29 is 33.6 Å². The third-order valence-corrected chi connectivity index (χ3v) is 4.97. The van der Waals surface area contributed by atoms with Gasteiger partial charge >= 0.3 is 11.9 Å². The number of methoxy groups -OCH3 is 4. The Labute approximate surface area is 190 Å². The van der Waals surface area contributed by atoms with Gasteiger partial charge in [0, 0.05) is 6.61 Å².